The number of nitrogens with zero attached hydrogens (tertiary/aromatic N) is 1. The number of benzene rings is 2. The molecule has 0 saturated carbocycles. The number of hydrogen-bond donors (Lipinski definition) is 1. The van der Waals surface area contributed by atoms with Gasteiger partial charge in [0.15, 0.2) is 11.5 Å². The van der Waals surface area contributed by atoms with Gasteiger partial charge in [-0.15, -0.1) is 0 Å². The van der Waals surface area contributed by atoms with Crippen molar-refractivity contribution in [3.63, 3.8) is 0 Å². The molecule has 0 saturated heterocycles. The number of rotatable bonds is 9. The first-order valence-electron chi connectivity index (χ1n) is 10.1. The van der Waals surface area contributed by atoms with E-state index in [1.54, 1.807) is 12.1 Å². The minimum Gasteiger partial charge on any atom is -0.493 e. The summed E-state index contributed by atoms with van der Waals surface area (Å²) in [6.45, 7) is 9.32. The Morgan fingerprint density at radius 1 is 0.968 bits per heavy atom. The van der Waals surface area contributed by atoms with E-state index in [9.17, 15) is 13.2 Å². The molecule has 1 unspecified atom stereocenters. The van der Waals surface area contributed by atoms with E-state index in [4.69, 9.17) is 9.47 Å². The Bertz CT molecular complexity index is 1010. The number of aryl methyl sites for hydroxylation is 2. The van der Waals surface area contributed by atoms with Gasteiger partial charge in [0.1, 0.15) is 6.54 Å². The lowest BCUT2D eigenvalue weighted by Crippen LogP contribution is -2.45. The molecule has 0 spiro atoms. The molecular formula is C23H32N2O5S. The Hall–Kier alpha value is -2.74. The highest BCUT2D eigenvalue weighted by molar-refractivity contribution is 7.92. The monoisotopic (exact) mass is 448 g/mol. The first kappa shape index (κ1) is 24.5. The van der Waals surface area contributed by atoms with Crippen molar-refractivity contribution in [2.75, 3.05) is 25.1 Å². The topological polar surface area (TPSA) is 84.9 Å². The van der Waals surface area contributed by atoms with E-state index in [2.05, 4.69) is 5.32 Å². The molecule has 170 valence electrons. The van der Waals surface area contributed by atoms with Crippen molar-refractivity contribution in [3.8, 4) is 11.5 Å². The standard InChI is InChI=1S/C23H32N2O5S/c1-15(2)18(5)24-23(26)14-25(19-11-16(3)10-17(4)12-19)31(27,28)20-8-9-21(29-6)22(13-20)30-7/h8-13,15,18H,14H2,1-7H3,(H,24,26). The maximum atomic E-state index is 13.6. The summed E-state index contributed by atoms with van der Waals surface area (Å²) >= 11 is 0. The fraction of sp³-hybridized carbons (Fsp3) is 0.435. The van der Waals surface area contributed by atoms with Gasteiger partial charge < -0.3 is 14.8 Å². The van der Waals surface area contributed by atoms with Crippen molar-refractivity contribution in [1.29, 1.82) is 0 Å². The predicted octanol–water partition coefficient (Wildman–Crippen LogP) is 3.68. The van der Waals surface area contributed by atoms with Crippen LogP contribution in [0.3, 0.4) is 0 Å². The van der Waals surface area contributed by atoms with E-state index in [0.29, 0.717) is 17.2 Å². The van der Waals surface area contributed by atoms with Crippen LogP contribution in [0.1, 0.15) is 31.9 Å². The molecule has 0 aromatic heterocycles. The van der Waals surface area contributed by atoms with Crippen LogP contribution in [0.15, 0.2) is 41.3 Å². The van der Waals surface area contributed by atoms with E-state index in [1.165, 1.54) is 32.4 Å². The molecule has 1 N–H and O–H groups in total. The number of carbonyl (C=O) groups is 1. The molecule has 8 heteroatoms. The van der Waals surface area contributed by atoms with Crippen molar-refractivity contribution in [3.05, 3.63) is 47.5 Å². The molecule has 0 aliphatic rings. The zero-order chi connectivity index (χ0) is 23.3. The average Bonchev–Trinajstić information content (AvgIpc) is 2.70. The Morgan fingerprint density at radius 2 is 1.55 bits per heavy atom. The molecule has 2 rings (SSSR count). The van der Waals surface area contributed by atoms with Crippen LogP contribution in [0, 0.1) is 19.8 Å². The van der Waals surface area contributed by atoms with E-state index in [-0.39, 0.29) is 29.3 Å². The number of anilines is 1. The minimum atomic E-state index is -4.06. The zero-order valence-electron chi connectivity index (χ0n) is 19.2. The quantitative estimate of drug-likeness (QED) is 0.633. The predicted molar refractivity (Wildman–Crippen MR) is 122 cm³/mol. The zero-order valence-corrected chi connectivity index (χ0v) is 20.0. The van der Waals surface area contributed by atoms with Crippen LogP contribution < -0.4 is 19.1 Å². The molecular weight excluding hydrogens is 416 g/mol. The van der Waals surface area contributed by atoms with Crippen molar-refractivity contribution < 1.29 is 22.7 Å². The van der Waals surface area contributed by atoms with E-state index in [1.807, 2.05) is 40.7 Å². The van der Waals surface area contributed by atoms with Gasteiger partial charge >= 0.3 is 0 Å². The number of nitrogens with one attached hydrogen (secondary N) is 1. The normalized spacial score (nSPS) is 12.4. The molecule has 2 aromatic rings. The van der Waals surface area contributed by atoms with Gasteiger partial charge in [-0.1, -0.05) is 19.9 Å². The van der Waals surface area contributed by atoms with Gasteiger partial charge in [-0.2, -0.15) is 0 Å². The van der Waals surface area contributed by atoms with Crippen LogP contribution >= 0.6 is 0 Å². The smallest absolute Gasteiger partial charge is 0.264 e. The Kier molecular flexibility index (Phi) is 7.95. The van der Waals surface area contributed by atoms with Gasteiger partial charge in [-0.3, -0.25) is 9.10 Å². The summed E-state index contributed by atoms with van der Waals surface area (Å²) in [7, 11) is -1.14. The second-order valence-corrected chi connectivity index (χ2v) is 9.84. The fourth-order valence-corrected chi connectivity index (χ4v) is 4.53. The summed E-state index contributed by atoms with van der Waals surface area (Å²) in [5.74, 6) is 0.565. The summed E-state index contributed by atoms with van der Waals surface area (Å²) in [6.07, 6.45) is 0. The largest absolute Gasteiger partial charge is 0.493 e. The highest BCUT2D eigenvalue weighted by Gasteiger charge is 2.29. The van der Waals surface area contributed by atoms with Gasteiger partial charge in [-0.05, 0) is 62.1 Å². The molecule has 7 nitrogen and oxygen atoms in total. The number of carbonyl (C=O) groups excluding carboxylic acids is 1. The maximum Gasteiger partial charge on any atom is 0.264 e. The highest BCUT2D eigenvalue weighted by atomic mass is 32.2. The third-order valence-electron chi connectivity index (χ3n) is 5.11. The van der Waals surface area contributed by atoms with Crippen molar-refractivity contribution in [2.24, 2.45) is 5.92 Å². The van der Waals surface area contributed by atoms with Crippen LogP contribution in [0.2, 0.25) is 0 Å². The third-order valence-corrected chi connectivity index (χ3v) is 6.88. The third kappa shape index (κ3) is 5.91. The molecule has 0 aliphatic heterocycles. The van der Waals surface area contributed by atoms with Crippen molar-refractivity contribution >= 4 is 21.6 Å². The van der Waals surface area contributed by atoms with Gasteiger partial charge in [0.2, 0.25) is 5.91 Å². The fourth-order valence-electron chi connectivity index (χ4n) is 3.11. The molecule has 1 atom stereocenters. The van der Waals surface area contributed by atoms with E-state index >= 15 is 0 Å². The second kappa shape index (κ2) is 10.0. The van der Waals surface area contributed by atoms with Crippen LogP contribution in [-0.2, 0) is 14.8 Å². The lowest BCUT2D eigenvalue weighted by molar-refractivity contribution is -0.120. The highest BCUT2D eigenvalue weighted by Crippen LogP contribution is 2.32. The minimum absolute atomic E-state index is 0.00835. The lowest BCUT2D eigenvalue weighted by Gasteiger charge is -2.26. The molecule has 0 radical (unpaired) electrons. The molecule has 0 fully saturated rings. The Labute approximate surface area is 185 Å². The number of sulfonamides is 1. The number of amides is 1. The summed E-state index contributed by atoms with van der Waals surface area (Å²) in [5, 5.41) is 2.88. The van der Waals surface area contributed by atoms with Crippen LogP contribution in [0.4, 0.5) is 5.69 Å². The Morgan fingerprint density at radius 3 is 2.06 bits per heavy atom. The molecule has 1 amide bonds. The van der Waals surface area contributed by atoms with Crippen LogP contribution in [0.25, 0.3) is 0 Å². The Balaban J connectivity index is 2.54. The van der Waals surface area contributed by atoms with Crippen LogP contribution in [0.5, 0.6) is 11.5 Å². The van der Waals surface area contributed by atoms with Crippen molar-refractivity contribution in [1.82, 2.24) is 5.32 Å². The molecule has 31 heavy (non-hydrogen) atoms. The summed E-state index contributed by atoms with van der Waals surface area (Å²) in [4.78, 5) is 12.8. The lowest BCUT2D eigenvalue weighted by atomic mass is 10.1. The number of ether oxygens (including phenoxy) is 2. The molecule has 0 bridgehead atoms. The van der Waals surface area contributed by atoms with Gasteiger partial charge in [0.05, 0.1) is 24.8 Å². The first-order chi connectivity index (χ1) is 14.5. The molecule has 2 aromatic carbocycles. The van der Waals surface area contributed by atoms with Crippen LogP contribution in [-0.4, -0.2) is 41.1 Å². The maximum absolute atomic E-state index is 13.6. The van der Waals surface area contributed by atoms with E-state index < -0.39 is 10.0 Å². The van der Waals surface area contributed by atoms with E-state index in [0.717, 1.165) is 15.4 Å². The summed E-state index contributed by atoms with van der Waals surface area (Å²) < 4.78 is 38.9. The molecule has 0 heterocycles. The SMILES string of the molecule is COc1ccc(S(=O)(=O)N(CC(=O)NC(C)C(C)C)c2cc(C)cc(C)c2)cc1OC. The van der Waals surface area contributed by atoms with Gasteiger partial charge in [0, 0.05) is 12.1 Å². The van der Waals surface area contributed by atoms with Gasteiger partial charge in [0.25, 0.3) is 10.0 Å². The second-order valence-electron chi connectivity index (χ2n) is 7.97. The molecule has 0 aliphatic carbocycles. The summed E-state index contributed by atoms with van der Waals surface area (Å²) in [5.41, 5.74) is 2.23. The number of methoxy groups -OCH3 is 2. The first-order valence-corrected chi connectivity index (χ1v) is 11.6. The number of hydrogen-bond acceptors (Lipinski definition) is 5. The van der Waals surface area contributed by atoms with Crippen molar-refractivity contribution in [2.45, 2.75) is 45.6 Å². The average molecular weight is 449 g/mol. The summed E-state index contributed by atoms with van der Waals surface area (Å²) in [6, 6.07) is 9.75. The van der Waals surface area contributed by atoms with Gasteiger partial charge in [-0.25, -0.2) is 8.42 Å².